The van der Waals surface area contributed by atoms with Crippen molar-refractivity contribution in [2.75, 3.05) is 9.80 Å². The van der Waals surface area contributed by atoms with E-state index in [4.69, 9.17) is 13.3 Å². The van der Waals surface area contributed by atoms with Crippen molar-refractivity contribution in [1.29, 1.82) is 0 Å². The highest BCUT2D eigenvalue weighted by atomic mass is 16.3. The molecule has 0 N–H and O–H groups in total. The quantitative estimate of drug-likeness (QED) is 0.135. The van der Waals surface area contributed by atoms with E-state index < -0.39 is 120 Å². The van der Waals surface area contributed by atoms with Gasteiger partial charge in [0, 0.05) is 127 Å². The van der Waals surface area contributed by atoms with Crippen LogP contribution in [0.4, 0.5) is 34.1 Å². The zero-order chi connectivity index (χ0) is 95.8. The van der Waals surface area contributed by atoms with Crippen LogP contribution in [0.3, 0.4) is 0 Å². The summed E-state index contributed by atoms with van der Waals surface area (Å²) in [5.74, 6) is 0. The number of fused-ring (bicyclic) bond motifs is 19. The van der Waals surface area contributed by atoms with Crippen molar-refractivity contribution >= 4 is 167 Å². The molecule has 0 unspecified atom stereocenters. The predicted octanol–water partition coefficient (Wildman–Crippen LogP) is 29.9. The number of hydrogen-bond acceptors (Lipinski definition) is 5. The van der Waals surface area contributed by atoms with E-state index in [-0.39, 0.29) is 55.0 Å². The predicted molar refractivity (Wildman–Crippen MR) is 514 cm³/mol. The molecule has 7 nitrogen and oxygen atoms in total. The number of para-hydroxylation sites is 9. The standard InChI is InChI=1S/C114H85BN4O3/c1-112(2,3)72-62-87(68-32-12-10-13-33-68)107(89(64-72)85-45-30-43-83-80-40-20-27-51-103(80)120-109(83)85)118-99-66-74(116-95-47-23-16-36-76(95)77-37-17-24-48-96(77)116)54-56-93(99)115-94-57-55-75(117-97-49-25-18-38-78(97)79-39-19-26-50-98(79)117)67-100(94)119(102-61-71(60-101(118)106(102)115)70-58-91-82-42-22-29-53-105(82)122-111(91)92(59-70)114(7,8)9)108-88(69-34-14-11-15-35-69)63-73(113(4,5)6)65-90(108)86-46-31-44-84-81-41-21-28-52-104(81)121-110(84)86/h10-67H,1-9H3/i16D,17D,18D,19D,23D,24D,25D,26D,36D,37D,38D,39D,47D,48D,49D,50D. The largest absolute Gasteiger partial charge is 0.456 e. The third-order valence-corrected chi connectivity index (χ3v) is 25.2. The molecule has 0 bridgehead atoms. The first kappa shape index (κ1) is 56.7. The van der Waals surface area contributed by atoms with Gasteiger partial charge in [0.15, 0.2) is 0 Å². The SMILES string of the molecule is [2H]c1c([2H])c([2H])c2c(c1[2H])c1c([2H])c([2H])c([2H])c([2H])c1n2-c1ccc2c(c1)N(c1c(-c3ccccc3)cc(C(C)(C)C)cc1-c1cccc3c1oc1ccccc13)c1cc(-c3cc(C(C)(C)C)c4oc5ccccc5c4c3)cc3c1B2c1ccc(-n2c4c([2H])c([2H])c([2H])c([2H])c4c4c([2H])c([2H])c([2H])c([2H])c42)cc1N3c1c(-c2ccccc2)cc(C(C)(C)C)cc1-c1cccc2c1oc1ccccc12. The molecule has 0 atom stereocenters. The average Bonchev–Trinajstić information content (AvgIpc) is 0.698. The lowest BCUT2D eigenvalue weighted by atomic mass is 9.33. The Balaban J connectivity index is 0.953. The Morgan fingerprint density at radius 1 is 0.270 bits per heavy atom. The minimum atomic E-state index is -0.914. The normalized spacial score (nSPS) is 14.9. The molecule has 0 amide bonds. The van der Waals surface area contributed by atoms with Crippen molar-refractivity contribution in [3.8, 4) is 67.0 Å². The maximum absolute atomic E-state index is 10.1. The molecular weight excluding hydrogens is 1480 g/mol. The van der Waals surface area contributed by atoms with Crippen LogP contribution in [-0.2, 0) is 16.2 Å². The molecule has 2 aliphatic heterocycles. The lowest BCUT2D eigenvalue weighted by Gasteiger charge is -2.46. The number of aromatic nitrogens is 2. The Bertz CT molecular complexity index is 8600. The van der Waals surface area contributed by atoms with Crippen LogP contribution in [0.15, 0.2) is 365 Å². The van der Waals surface area contributed by atoms with Crippen LogP contribution in [0.2, 0.25) is 0 Å². The Labute approximate surface area is 730 Å². The number of benzene rings is 17. The number of furan rings is 3. The van der Waals surface area contributed by atoms with Crippen molar-refractivity contribution in [3.63, 3.8) is 0 Å². The third-order valence-electron chi connectivity index (χ3n) is 25.2. The molecular formula is C114H85BN4O3. The molecule has 122 heavy (non-hydrogen) atoms. The summed E-state index contributed by atoms with van der Waals surface area (Å²) in [6, 6.07) is 78.4. The van der Waals surface area contributed by atoms with Gasteiger partial charge >= 0.3 is 0 Å². The molecule has 2 aliphatic rings. The van der Waals surface area contributed by atoms with Crippen LogP contribution in [0.1, 0.15) is 101 Å². The smallest absolute Gasteiger partial charge is 0.252 e. The van der Waals surface area contributed by atoms with Gasteiger partial charge in [-0.2, -0.15) is 0 Å². The fourth-order valence-corrected chi connectivity index (χ4v) is 19.4. The van der Waals surface area contributed by atoms with E-state index >= 15 is 0 Å². The minimum Gasteiger partial charge on any atom is -0.456 e. The topological polar surface area (TPSA) is 55.8 Å². The van der Waals surface area contributed by atoms with Gasteiger partial charge in [-0.05, 0) is 181 Å². The summed E-state index contributed by atoms with van der Waals surface area (Å²) in [6.45, 7) is 18.8. The van der Waals surface area contributed by atoms with Crippen molar-refractivity contribution in [1.82, 2.24) is 9.13 Å². The summed E-state index contributed by atoms with van der Waals surface area (Å²) in [7, 11) is 0. The molecule has 0 saturated heterocycles. The number of nitrogens with zero attached hydrogens (tertiary/aromatic N) is 4. The van der Waals surface area contributed by atoms with E-state index in [0.717, 1.165) is 105 Å². The highest BCUT2D eigenvalue weighted by Crippen LogP contribution is 2.58. The highest BCUT2D eigenvalue weighted by Gasteiger charge is 2.47. The molecule has 0 spiro atoms. The molecule has 5 aromatic heterocycles. The fraction of sp³-hybridized carbons (Fsp3) is 0.105. The monoisotopic (exact) mass is 1580 g/mol. The second-order valence-corrected chi connectivity index (χ2v) is 35.5. The van der Waals surface area contributed by atoms with Gasteiger partial charge in [-0.15, -0.1) is 0 Å². The van der Waals surface area contributed by atoms with Crippen LogP contribution in [0.5, 0.6) is 0 Å². The summed E-state index contributed by atoms with van der Waals surface area (Å²) >= 11 is 0. The zero-order valence-corrected chi connectivity index (χ0v) is 68.3. The van der Waals surface area contributed by atoms with E-state index in [2.05, 4.69) is 200 Å². The van der Waals surface area contributed by atoms with Gasteiger partial charge in [-0.25, -0.2) is 0 Å². The molecule has 17 aromatic carbocycles. The molecule has 8 heteroatoms. The van der Waals surface area contributed by atoms with E-state index in [1.54, 1.807) is 9.13 Å². The Morgan fingerprint density at radius 2 is 0.631 bits per heavy atom. The fourth-order valence-electron chi connectivity index (χ4n) is 19.4. The average molecular weight is 1590 g/mol. The van der Waals surface area contributed by atoms with Gasteiger partial charge in [0.2, 0.25) is 0 Å². The first-order valence-corrected chi connectivity index (χ1v) is 41.4. The van der Waals surface area contributed by atoms with E-state index in [1.807, 2.05) is 127 Å². The molecule has 0 aliphatic carbocycles. The number of hydrogen-bond donors (Lipinski definition) is 0. The van der Waals surface area contributed by atoms with E-state index in [0.29, 0.717) is 84.1 Å². The lowest BCUT2D eigenvalue weighted by Crippen LogP contribution is -2.61. The van der Waals surface area contributed by atoms with Crippen molar-refractivity contribution in [2.45, 2.75) is 78.6 Å². The molecule has 24 rings (SSSR count). The summed E-state index contributed by atoms with van der Waals surface area (Å²) in [6.07, 6.45) is 0. The van der Waals surface area contributed by atoms with Crippen molar-refractivity contribution in [2.24, 2.45) is 0 Å². The second kappa shape index (κ2) is 26.5. The molecule has 582 valence electrons. The lowest BCUT2D eigenvalue weighted by molar-refractivity contribution is 0.573. The minimum absolute atomic E-state index is 0.0873. The molecule has 0 fully saturated rings. The Hall–Kier alpha value is -14.6. The number of anilines is 6. The first-order valence-electron chi connectivity index (χ1n) is 49.4. The van der Waals surface area contributed by atoms with Crippen molar-refractivity contribution < 1.29 is 35.2 Å². The summed E-state index contributed by atoms with van der Waals surface area (Å²) in [5.41, 5.74) is 18.8. The van der Waals surface area contributed by atoms with Crippen LogP contribution >= 0.6 is 0 Å². The maximum atomic E-state index is 10.1. The third kappa shape index (κ3) is 10.8. The van der Waals surface area contributed by atoms with Crippen LogP contribution in [0.25, 0.3) is 176 Å². The Kier molecular flexibility index (Phi) is 12.3. The van der Waals surface area contributed by atoms with Gasteiger partial charge in [0.1, 0.15) is 33.5 Å². The Morgan fingerprint density at radius 3 is 1.04 bits per heavy atom. The molecule has 0 radical (unpaired) electrons. The van der Waals surface area contributed by atoms with Crippen LogP contribution in [0, 0.1) is 0 Å². The van der Waals surface area contributed by atoms with Gasteiger partial charge in [-0.1, -0.05) is 299 Å². The first-order chi connectivity index (χ1) is 66.1. The van der Waals surface area contributed by atoms with E-state index in [1.165, 1.54) is 0 Å². The van der Waals surface area contributed by atoms with Crippen molar-refractivity contribution in [3.05, 3.63) is 368 Å². The van der Waals surface area contributed by atoms with Gasteiger partial charge in [0.25, 0.3) is 6.71 Å². The highest BCUT2D eigenvalue weighted by molar-refractivity contribution is 7.00. The van der Waals surface area contributed by atoms with Gasteiger partial charge in [-0.3, -0.25) is 0 Å². The molecule has 7 heterocycles. The van der Waals surface area contributed by atoms with Gasteiger partial charge < -0.3 is 32.2 Å². The van der Waals surface area contributed by atoms with Crippen LogP contribution in [-0.4, -0.2) is 15.8 Å². The van der Waals surface area contributed by atoms with E-state index in [9.17, 15) is 21.9 Å². The zero-order valence-electron chi connectivity index (χ0n) is 84.3. The summed E-state index contributed by atoms with van der Waals surface area (Å²) in [4.78, 5) is 4.68. The number of rotatable bonds is 9. The second-order valence-electron chi connectivity index (χ2n) is 35.5. The summed E-state index contributed by atoms with van der Waals surface area (Å²) in [5, 5.41) is 4.86. The maximum Gasteiger partial charge on any atom is 0.252 e. The summed E-state index contributed by atoms with van der Waals surface area (Å²) < 4.78 is 180. The van der Waals surface area contributed by atoms with Gasteiger partial charge in [0.05, 0.1) is 55.4 Å². The van der Waals surface area contributed by atoms with Crippen LogP contribution < -0.4 is 26.2 Å². The molecule has 0 saturated carbocycles. The molecule has 22 aromatic rings.